The van der Waals surface area contributed by atoms with Gasteiger partial charge in [0.1, 0.15) is 5.69 Å². The highest BCUT2D eigenvalue weighted by Crippen LogP contribution is 2.52. The lowest BCUT2D eigenvalue weighted by Gasteiger charge is -2.39. The molecule has 1 saturated heterocycles. The molecule has 0 aromatic carbocycles. The van der Waals surface area contributed by atoms with E-state index in [1.165, 1.54) is 18.2 Å². The van der Waals surface area contributed by atoms with Gasteiger partial charge in [0, 0.05) is 12.6 Å². The van der Waals surface area contributed by atoms with Gasteiger partial charge in [0.25, 0.3) is 5.56 Å². The summed E-state index contributed by atoms with van der Waals surface area (Å²) in [7, 11) is 0. The maximum absolute atomic E-state index is 12.6. The van der Waals surface area contributed by atoms with Crippen molar-refractivity contribution in [3.05, 3.63) is 16.0 Å². The molecule has 2 bridgehead atoms. The molecular weight excluding hydrogens is 312 g/mol. The average Bonchev–Trinajstić information content (AvgIpc) is 2.69. The Morgan fingerprint density at radius 3 is 2.78 bits per heavy atom. The van der Waals surface area contributed by atoms with E-state index in [1.807, 2.05) is 4.90 Å². The van der Waals surface area contributed by atoms with Gasteiger partial charge in [0.2, 0.25) is 5.91 Å². The van der Waals surface area contributed by atoms with Crippen LogP contribution in [0.1, 0.15) is 45.7 Å². The van der Waals surface area contributed by atoms with Crippen molar-refractivity contribution in [2.45, 2.75) is 58.2 Å². The highest BCUT2D eigenvalue weighted by atomic mass is 32.2. The number of nitrogens with zero attached hydrogens (tertiary/aromatic N) is 3. The predicted molar refractivity (Wildman–Crippen MR) is 89.4 cm³/mol. The van der Waals surface area contributed by atoms with E-state index in [0.717, 1.165) is 19.4 Å². The van der Waals surface area contributed by atoms with Crippen LogP contribution in [0.25, 0.3) is 0 Å². The minimum absolute atomic E-state index is 0.129. The molecule has 2 aliphatic rings. The molecule has 1 N–H and O–H groups in total. The minimum atomic E-state index is -0.249. The first kappa shape index (κ1) is 16.5. The van der Waals surface area contributed by atoms with Crippen LogP contribution in [0, 0.1) is 17.8 Å². The van der Waals surface area contributed by atoms with Gasteiger partial charge < -0.3 is 4.90 Å². The lowest BCUT2D eigenvalue weighted by atomic mass is 9.65. The van der Waals surface area contributed by atoms with Gasteiger partial charge in [0.05, 0.1) is 5.75 Å². The summed E-state index contributed by atoms with van der Waals surface area (Å²) in [5, 5.41) is 8.13. The number of hydrogen-bond donors (Lipinski definition) is 1. The number of rotatable bonds is 3. The van der Waals surface area contributed by atoms with Crippen molar-refractivity contribution in [1.29, 1.82) is 0 Å². The zero-order valence-corrected chi connectivity index (χ0v) is 15.0. The van der Waals surface area contributed by atoms with Crippen molar-refractivity contribution in [3.63, 3.8) is 0 Å². The summed E-state index contributed by atoms with van der Waals surface area (Å²) in [5.74, 6) is 0.422. The molecule has 2 heterocycles. The second-order valence-corrected chi connectivity index (χ2v) is 9.03. The van der Waals surface area contributed by atoms with Crippen LogP contribution in [0.3, 0.4) is 0 Å². The Morgan fingerprint density at radius 1 is 1.35 bits per heavy atom. The van der Waals surface area contributed by atoms with Crippen molar-refractivity contribution in [2.24, 2.45) is 10.8 Å². The fraction of sp³-hybridized carbons (Fsp3) is 0.750. The van der Waals surface area contributed by atoms with Gasteiger partial charge in [-0.2, -0.15) is 0 Å². The number of fused-ring (bicyclic) bond motifs is 2. The van der Waals surface area contributed by atoms with Crippen molar-refractivity contribution in [2.75, 3.05) is 12.3 Å². The molecule has 3 rings (SSSR count). The van der Waals surface area contributed by atoms with Crippen molar-refractivity contribution >= 4 is 17.7 Å². The van der Waals surface area contributed by atoms with E-state index >= 15 is 0 Å². The Balaban J connectivity index is 1.65. The quantitative estimate of drug-likeness (QED) is 0.854. The van der Waals surface area contributed by atoms with E-state index in [-0.39, 0.29) is 16.9 Å². The lowest BCUT2D eigenvalue weighted by molar-refractivity contribution is -0.129. The van der Waals surface area contributed by atoms with E-state index in [9.17, 15) is 9.59 Å². The van der Waals surface area contributed by atoms with Crippen LogP contribution in [0.5, 0.6) is 0 Å². The number of aromatic amines is 1. The molecule has 126 valence electrons. The number of aryl methyl sites for hydroxylation is 1. The average molecular weight is 336 g/mol. The Hall–Kier alpha value is -1.37. The molecule has 1 aliphatic heterocycles. The number of carbonyl (C=O) groups is 1. The highest BCUT2D eigenvalue weighted by molar-refractivity contribution is 7.99. The second kappa shape index (κ2) is 5.61. The minimum Gasteiger partial charge on any atom is -0.338 e. The van der Waals surface area contributed by atoms with Crippen LogP contribution in [0.2, 0.25) is 0 Å². The molecule has 0 radical (unpaired) electrons. The lowest BCUT2D eigenvalue weighted by Crippen LogP contribution is -2.38. The molecule has 1 saturated carbocycles. The normalized spacial score (nSPS) is 28.9. The number of thioether (sulfide) groups is 1. The standard InChI is InChI=1S/C16H24N4O2S/c1-10-13(22)17-14(19-18-10)23-7-12(21)20-9-16(4)6-11(20)5-15(2,3)8-16/h11H,5-9H2,1-4H3,(H,17,19,22)/t11-,16-/m0/s1. The monoisotopic (exact) mass is 336 g/mol. The van der Waals surface area contributed by atoms with Gasteiger partial charge in [-0.15, -0.1) is 10.2 Å². The van der Waals surface area contributed by atoms with Gasteiger partial charge in [-0.3, -0.25) is 14.6 Å². The number of carbonyl (C=O) groups excluding carboxylic acids is 1. The van der Waals surface area contributed by atoms with Crippen molar-refractivity contribution < 1.29 is 4.79 Å². The fourth-order valence-corrected chi connectivity index (χ4v) is 5.10. The summed E-state index contributed by atoms with van der Waals surface area (Å²) in [6, 6.07) is 0.347. The molecule has 0 unspecified atom stereocenters. The summed E-state index contributed by atoms with van der Waals surface area (Å²) in [5.41, 5.74) is 0.628. The zero-order valence-electron chi connectivity index (χ0n) is 14.2. The smallest absolute Gasteiger partial charge is 0.273 e. The highest BCUT2D eigenvalue weighted by Gasteiger charge is 2.50. The summed E-state index contributed by atoms with van der Waals surface area (Å²) < 4.78 is 0. The Morgan fingerprint density at radius 2 is 2.09 bits per heavy atom. The molecule has 2 fully saturated rings. The third-order valence-electron chi connectivity index (χ3n) is 4.91. The summed E-state index contributed by atoms with van der Waals surface area (Å²) in [6.07, 6.45) is 3.35. The molecule has 6 nitrogen and oxygen atoms in total. The molecule has 0 spiro atoms. The molecule has 1 aromatic heterocycles. The van der Waals surface area contributed by atoms with Crippen LogP contribution in [-0.4, -0.2) is 44.3 Å². The summed E-state index contributed by atoms with van der Waals surface area (Å²) in [6.45, 7) is 9.35. The largest absolute Gasteiger partial charge is 0.338 e. The summed E-state index contributed by atoms with van der Waals surface area (Å²) in [4.78, 5) is 28.9. The Labute approximate surface area is 140 Å². The van der Waals surface area contributed by atoms with E-state index in [0.29, 0.717) is 28.1 Å². The first-order valence-corrected chi connectivity index (χ1v) is 9.02. The molecular formula is C16H24N4O2S. The Bertz CT molecular complexity index is 687. The van der Waals surface area contributed by atoms with Crippen molar-refractivity contribution in [3.8, 4) is 0 Å². The fourth-order valence-electron chi connectivity index (χ4n) is 4.41. The second-order valence-electron chi connectivity index (χ2n) is 8.07. The molecule has 7 heteroatoms. The third-order valence-corrected chi connectivity index (χ3v) is 5.76. The SMILES string of the molecule is Cc1nnc(SCC(=O)N2C[C@@]3(C)C[C@@H]2CC(C)(C)C3)[nH]c1=O. The van der Waals surface area contributed by atoms with Gasteiger partial charge in [0.15, 0.2) is 5.16 Å². The first-order valence-electron chi connectivity index (χ1n) is 8.03. The van der Waals surface area contributed by atoms with Gasteiger partial charge in [-0.25, -0.2) is 0 Å². The van der Waals surface area contributed by atoms with E-state index in [1.54, 1.807) is 6.92 Å². The van der Waals surface area contributed by atoms with E-state index < -0.39 is 0 Å². The topological polar surface area (TPSA) is 79.0 Å². The van der Waals surface area contributed by atoms with E-state index in [2.05, 4.69) is 36.0 Å². The van der Waals surface area contributed by atoms with Crippen LogP contribution in [0.15, 0.2) is 9.95 Å². The molecule has 1 aromatic rings. The molecule has 1 amide bonds. The third kappa shape index (κ3) is 3.44. The number of hydrogen-bond acceptors (Lipinski definition) is 5. The van der Waals surface area contributed by atoms with Gasteiger partial charge >= 0.3 is 0 Å². The zero-order chi connectivity index (χ0) is 16.8. The maximum Gasteiger partial charge on any atom is 0.273 e. The van der Waals surface area contributed by atoms with Gasteiger partial charge in [-0.1, -0.05) is 32.5 Å². The molecule has 23 heavy (non-hydrogen) atoms. The molecule has 2 atom stereocenters. The van der Waals surface area contributed by atoms with Crippen LogP contribution < -0.4 is 5.56 Å². The van der Waals surface area contributed by atoms with Crippen LogP contribution in [0.4, 0.5) is 0 Å². The predicted octanol–water partition coefficient (Wildman–Crippen LogP) is 1.99. The number of H-pyrrole nitrogens is 1. The van der Waals surface area contributed by atoms with E-state index in [4.69, 9.17) is 0 Å². The van der Waals surface area contributed by atoms with Crippen LogP contribution >= 0.6 is 11.8 Å². The number of aromatic nitrogens is 3. The number of likely N-dealkylation sites (tertiary alicyclic amines) is 1. The molecule has 1 aliphatic carbocycles. The number of nitrogens with one attached hydrogen (secondary N) is 1. The maximum atomic E-state index is 12.6. The number of amides is 1. The summed E-state index contributed by atoms with van der Waals surface area (Å²) >= 11 is 1.25. The van der Waals surface area contributed by atoms with Crippen molar-refractivity contribution in [1.82, 2.24) is 20.1 Å². The first-order chi connectivity index (χ1) is 10.7. The van der Waals surface area contributed by atoms with Gasteiger partial charge in [-0.05, 0) is 37.0 Å². The van der Waals surface area contributed by atoms with Crippen LogP contribution in [-0.2, 0) is 4.79 Å². The Kier molecular flexibility index (Phi) is 4.02.